The molecule has 3 N–H and O–H groups in total. The van der Waals surface area contributed by atoms with Crippen LogP contribution >= 0.6 is 11.3 Å². The van der Waals surface area contributed by atoms with Crippen LogP contribution in [0.25, 0.3) is 32.6 Å². The Bertz CT molecular complexity index is 1560. The molecule has 0 unspecified atom stereocenters. The minimum Gasteiger partial charge on any atom is -0.480 e. The predicted octanol–water partition coefficient (Wildman–Crippen LogP) is 6.43. The van der Waals surface area contributed by atoms with Crippen LogP contribution in [0, 0.1) is 0 Å². The van der Waals surface area contributed by atoms with Crippen molar-refractivity contribution in [1.82, 2.24) is 10.3 Å². The number of carboxylic acid groups (broad SMARTS) is 1. The lowest BCUT2D eigenvalue weighted by molar-refractivity contribution is -0.139. The summed E-state index contributed by atoms with van der Waals surface area (Å²) in [5.41, 5.74) is 7.12. The van der Waals surface area contributed by atoms with Gasteiger partial charge < -0.3 is 20.1 Å². The molecule has 0 spiro atoms. The molecule has 1 atom stereocenters. The summed E-state index contributed by atoms with van der Waals surface area (Å²) < 4.78 is 5.61. The summed E-state index contributed by atoms with van der Waals surface area (Å²) in [7, 11) is 0. The van der Waals surface area contributed by atoms with Crippen molar-refractivity contribution in [3.8, 4) is 21.7 Å². The van der Waals surface area contributed by atoms with E-state index in [4.69, 9.17) is 4.74 Å². The van der Waals surface area contributed by atoms with Crippen LogP contribution in [0.15, 0.2) is 90.3 Å². The van der Waals surface area contributed by atoms with Crippen LogP contribution in [-0.2, 0) is 16.0 Å². The van der Waals surface area contributed by atoms with E-state index in [0.29, 0.717) is 0 Å². The minimum absolute atomic E-state index is 0.0968. The van der Waals surface area contributed by atoms with Gasteiger partial charge in [-0.05, 0) is 45.3 Å². The summed E-state index contributed by atoms with van der Waals surface area (Å²) in [6, 6.07) is 26.8. The van der Waals surface area contributed by atoms with E-state index in [-0.39, 0.29) is 18.9 Å². The molecule has 5 aromatic rings. The number of aromatic nitrogens is 1. The molecule has 0 bridgehead atoms. The molecule has 0 fully saturated rings. The Kier molecular flexibility index (Phi) is 5.98. The monoisotopic (exact) mass is 508 g/mol. The fourth-order valence-electron chi connectivity index (χ4n) is 5.23. The van der Waals surface area contributed by atoms with Gasteiger partial charge in [-0.25, -0.2) is 9.59 Å². The molecule has 2 heterocycles. The largest absolute Gasteiger partial charge is 0.480 e. The lowest BCUT2D eigenvalue weighted by Crippen LogP contribution is -2.43. The summed E-state index contributed by atoms with van der Waals surface area (Å²) in [4.78, 5) is 29.5. The number of carbonyl (C=O) groups is 2. The average Bonchev–Trinajstić information content (AvgIpc) is 3.64. The number of benzene rings is 3. The predicted molar refractivity (Wildman–Crippen MR) is 145 cm³/mol. The van der Waals surface area contributed by atoms with Crippen molar-refractivity contribution in [2.45, 2.75) is 18.4 Å². The van der Waals surface area contributed by atoms with Crippen molar-refractivity contribution in [3.05, 3.63) is 107 Å². The molecule has 3 aromatic carbocycles. The van der Waals surface area contributed by atoms with Crippen LogP contribution in [-0.4, -0.2) is 34.8 Å². The van der Waals surface area contributed by atoms with Crippen LogP contribution in [0.5, 0.6) is 0 Å². The molecule has 2 aromatic heterocycles. The first kappa shape index (κ1) is 23.1. The van der Waals surface area contributed by atoms with E-state index in [0.717, 1.165) is 49.3 Å². The Labute approximate surface area is 217 Å². The molecule has 6 rings (SSSR count). The van der Waals surface area contributed by atoms with E-state index < -0.39 is 18.1 Å². The first-order valence-corrected chi connectivity index (χ1v) is 13.0. The molecular weight excluding hydrogens is 484 g/mol. The van der Waals surface area contributed by atoms with Crippen molar-refractivity contribution in [2.75, 3.05) is 6.61 Å². The molecule has 37 heavy (non-hydrogen) atoms. The molecule has 0 radical (unpaired) electrons. The molecule has 184 valence electrons. The van der Waals surface area contributed by atoms with E-state index in [2.05, 4.69) is 22.4 Å². The number of carbonyl (C=O) groups excluding carboxylic acids is 1. The first-order valence-electron chi connectivity index (χ1n) is 12.1. The number of ether oxygens (including phenoxy) is 1. The number of aromatic amines is 1. The Balaban J connectivity index is 1.21. The highest BCUT2D eigenvalue weighted by Crippen LogP contribution is 2.44. The fourth-order valence-corrected chi connectivity index (χ4v) is 5.98. The quantitative estimate of drug-likeness (QED) is 0.236. The van der Waals surface area contributed by atoms with E-state index in [1.54, 1.807) is 11.3 Å². The number of H-pyrrole nitrogens is 1. The van der Waals surface area contributed by atoms with Crippen LogP contribution in [0.1, 0.15) is 22.6 Å². The second-order valence-electron chi connectivity index (χ2n) is 9.07. The third-order valence-electron chi connectivity index (χ3n) is 6.92. The van der Waals surface area contributed by atoms with E-state index in [1.807, 2.05) is 78.2 Å². The van der Waals surface area contributed by atoms with E-state index in [9.17, 15) is 14.7 Å². The molecule has 0 saturated carbocycles. The summed E-state index contributed by atoms with van der Waals surface area (Å²) in [5.74, 6) is -1.21. The topological polar surface area (TPSA) is 91.4 Å². The summed E-state index contributed by atoms with van der Waals surface area (Å²) in [5, 5.41) is 15.5. The summed E-state index contributed by atoms with van der Waals surface area (Å²) >= 11 is 1.58. The Morgan fingerprint density at radius 3 is 2.27 bits per heavy atom. The van der Waals surface area contributed by atoms with E-state index >= 15 is 0 Å². The van der Waals surface area contributed by atoms with Gasteiger partial charge in [0.1, 0.15) is 12.6 Å². The number of fused-ring (bicyclic) bond motifs is 4. The van der Waals surface area contributed by atoms with E-state index in [1.165, 1.54) is 0 Å². The van der Waals surface area contributed by atoms with Gasteiger partial charge in [-0.2, -0.15) is 0 Å². The molecule has 0 aliphatic heterocycles. The van der Waals surface area contributed by atoms with Gasteiger partial charge in [0.25, 0.3) is 0 Å². The highest BCUT2D eigenvalue weighted by molar-refractivity contribution is 7.13. The zero-order valence-corrected chi connectivity index (χ0v) is 20.6. The number of carboxylic acids is 1. The van der Waals surface area contributed by atoms with Gasteiger partial charge in [0.05, 0.1) is 10.6 Å². The number of nitrogens with one attached hydrogen (secondary N) is 2. The molecular formula is C30H24N2O4S. The molecule has 0 saturated heterocycles. The Hall–Kier alpha value is -4.36. The average molecular weight is 509 g/mol. The number of rotatable bonds is 7. The minimum atomic E-state index is -1.14. The van der Waals surface area contributed by atoms with Crippen molar-refractivity contribution in [1.29, 1.82) is 0 Å². The summed E-state index contributed by atoms with van der Waals surface area (Å²) in [6.45, 7) is 0.125. The molecule has 7 heteroatoms. The number of alkyl carbamates (subject to hydrolysis) is 1. The standard InChI is InChI=1S/C30H24N2O4S/c33-29(34)26(16-23-22-12-5-6-13-25(22)31-28(23)27-14-7-15-37-27)32-30(35)36-17-24-20-10-3-1-8-18(20)19-9-2-4-11-21(19)24/h1-15,24,26,31H,16-17H2,(H,32,35)(H,33,34)/t26-/m0/s1. The number of amides is 1. The van der Waals surface area contributed by atoms with Gasteiger partial charge in [-0.15, -0.1) is 11.3 Å². The van der Waals surface area contributed by atoms with Crippen molar-refractivity contribution in [2.24, 2.45) is 0 Å². The lowest BCUT2D eigenvalue weighted by Gasteiger charge is -2.18. The molecule has 1 aliphatic rings. The lowest BCUT2D eigenvalue weighted by atomic mass is 9.98. The maximum atomic E-state index is 12.8. The third-order valence-corrected chi connectivity index (χ3v) is 7.81. The normalized spacial score (nSPS) is 13.2. The maximum Gasteiger partial charge on any atom is 0.407 e. The van der Waals surface area contributed by atoms with Gasteiger partial charge >= 0.3 is 12.1 Å². The zero-order valence-electron chi connectivity index (χ0n) is 19.8. The second kappa shape index (κ2) is 9.59. The van der Waals surface area contributed by atoms with Crippen molar-refractivity contribution >= 4 is 34.3 Å². The Morgan fingerprint density at radius 2 is 1.59 bits per heavy atom. The number of para-hydroxylation sites is 1. The third kappa shape index (κ3) is 4.27. The highest BCUT2D eigenvalue weighted by atomic mass is 32.1. The van der Waals surface area contributed by atoms with Crippen LogP contribution in [0.4, 0.5) is 4.79 Å². The number of thiophene rings is 1. The van der Waals surface area contributed by atoms with Crippen LogP contribution in [0.3, 0.4) is 0 Å². The zero-order chi connectivity index (χ0) is 25.4. The SMILES string of the molecule is O=C(N[C@@H](Cc1c(-c2cccs2)[nH]c2ccccc12)C(=O)O)OCC1c2ccccc2-c2ccccc21. The smallest absolute Gasteiger partial charge is 0.407 e. The number of hydrogen-bond acceptors (Lipinski definition) is 4. The van der Waals surface area contributed by atoms with Gasteiger partial charge in [0.15, 0.2) is 0 Å². The molecule has 1 aliphatic carbocycles. The molecule has 1 amide bonds. The van der Waals surface area contributed by atoms with Gasteiger partial charge in [0, 0.05) is 23.2 Å². The number of aliphatic carboxylic acids is 1. The number of hydrogen-bond donors (Lipinski definition) is 3. The fraction of sp³-hybridized carbons (Fsp3) is 0.133. The maximum absolute atomic E-state index is 12.8. The second-order valence-corrected chi connectivity index (χ2v) is 10.0. The summed E-state index contributed by atoms with van der Waals surface area (Å²) in [6.07, 6.45) is -0.622. The highest BCUT2D eigenvalue weighted by Gasteiger charge is 2.30. The van der Waals surface area contributed by atoms with Gasteiger partial charge in [-0.1, -0.05) is 72.8 Å². The van der Waals surface area contributed by atoms with Crippen molar-refractivity contribution < 1.29 is 19.4 Å². The Morgan fingerprint density at radius 1 is 0.919 bits per heavy atom. The van der Waals surface area contributed by atoms with Crippen molar-refractivity contribution in [3.63, 3.8) is 0 Å². The van der Waals surface area contributed by atoms with Crippen LogP contribution < -0.4 is 5.32 Å². The first-order chi connectivity index (χ1) is 18.1. The van der Waals surface area contributed by atoms with Gasteiger partial charge in [-0.3, -0.25) is 0 Å². The molecule has 6 nitrogen and oxygen atoms in total. The van der Waals surface area contributed by atoms with Crippen LogP contribution in [0.2, 0.25) is 0 Å². The van der Waals surface area contributed by atoms with Gasteiger partial charge in [0.2, 0.25) is 0 Å².